The van der Waals surface area contributed by atoms with Gasteiger partial charge in [-0.2, -0.15) is 11.8 Å². The molecule has 3 atom stereocenters. The topological polar surface area (TPSA) is 66.5 Å². The van der Waals surface area contributed by atoms with Crippen LogP contribution in [0.4, 0.5) is 0 Å². The monoisotopic (exact) mass is 269 g/mol. The summed E-state index contributed by atoms with van der Waals surface area (Å²) in [5, 5.41) is 18.5. The van der Waals surface area contributed by atoms with Crippen LogP contribution in [0.5, 0.6) is 0 Å². The Morgan fingerprint density at radius 3 is 2.33 bits per heavy atom. The van der Waals surface area contributed by atoms with Crippen molar-refractivity contribution in [3.8, 4) is 0 Å². The summed E-state index contributed by atoms with van der Waals surface area (Å²) in [6.45, 7) is 4.07. The third-order valence-electron chi connectivity index (χ3n) is 2.89. The second kappa shape index (κ2) is 7.79. The van der Waals surface area contributed by atoms with Crippen LogP contribution >= 0.6 is 11.8 Å². The number of hydrogen-bond acceptors (Lipinski definition) is 4. The Hall–Kier alpha value is -0.550. The van der Waals surface area contributed by atoms with Crippen LogP contribution in [0.15, 0.2) is 30.3 Å². The number of thioether (sulfide) groups is 1. The molecule has 0 bridgehead atoms. The van der Waals surface area contributed by atoms with Crippen molar-refractivity contribution in [2.75, 3.05) is 12.4 Å². The maximum Gasteiger partial charge on any atom is 0.0861 e. The highest BCUT2D eigenvalue weighted by Gasteiger charge is 2.24. The SMILES string of the molecule is CC(C)C(SCC(O)CO)C(N)c1ccccc1. The van der Waals surface area contributed by atoms with E-state index >= 15 is 0 Å². The van der Waals surface area contributed by atoms with E-state index in [9.17, 15) is 5.11 Å². The minimum absolute atomic E-state index is 0.0536. The molecule has 0 saturated carbocycles. The first-order valence-corrected chi connectivity index (χ1v) is 7.32. The van der Waals surface area contributed by atoms with Gasteiger partial charge in [-0.1, -0.05) is 44.2 Å². The Bertz CT molecular complexity index is 332. The molecule has 0 saturated heterocycles. The predicted molar refractivity (Wildman–Crippen MR) is 77.5 cm³/mol. The van der Waals surface area contributed by atoms with Gasteiger partial charge in [0.05, 0.1) is 12.7 Å². The average Bonchev–Trinajstić information content (AvgIpc) is 2.39. The van der Waals surface area contributed by atoms with Crippen molar-refractivity contribution >= 4 is 11.8 Å². The molecule has 0 heterocycles. The lowest BCUT2D eigenvalue weighted by Crippen LogP contribution is -2.30. The number of aliphatic hydroxyl groups is 2. The summed E-state index contributed by atoms with van der Waals surface area (Å²) in [5.74, 6) is 0.927. The highest BCUT2D eigenvalue weighted by Crippen LogP contribution is 2.30. The van der Waals surface area contributed by atoms with Crippen LogP contribution in [-0.2, 0) is 0 Å². The van der Waals surface area contributed by atoms with E-state index in [1.54, 1.807) is 11.8 Å². The predicted octanol–water partition coefficient (Wildman–Crippen LogP) is 1.80. The van der Waals surface area contributed by atoms with Gasteiger partial charge in [0, 0.05) is 17.0 Å². The Morgan fingerprint density at radius 1 is 1.22 bits per heavy atom. The molecule has 0 spiro atoms. The molecule has 3 nitrogen and oxygen atoms in total. The molecule has 0 radical (unpaired) electrons. The standard InChI is InChI=1S/C14H23NO2S/c1-10(2)14(18-9-12(17)8-16)13(15)11-6-4-3-5-7-11/h3-7,10,12-14,16-17H,8-9,15H2,1-2H3. The second-order valence-corrected chi connectivity index (χ2v) is 6.03. The number of hydrogen-bond donors (Lipinski definition) is 3. The fourth-order valence-corrected chi connectivity index (χ4v) is 3.15. The normalized spacial score (nSPS) is 16.6. The Morgan fingerprint density at radius 2 is 1.83 bits per heavy atom. The van der Waals surface area contributed by atoms with Gasteiger partial charge in [0.15, 0.2) is 0 Å². The molecule has 3 unspecified atom stereocenters. The quantitative estimate of drug-likeness (QED) is 0.706. The van der Waals surface area contributed by atoms with Crippen LogP contribution in [0.3, 0.4) is 0 Å². The van der Waals surface area contributed by atoms with Gasteiger partial charge in [0.1, 0.15) is 0 Å². The molecule has 0 fully saturated rings. The molecule has 18 heavy (non-hydrogen) atoms. The van der Waals surface area contributed by atoms with E-state index in [1.807, 2.05) is 30.3 Å². The molecule has 0 aromatic heterocycles. The first kappa shape index (κ1) is 15.5. The number of benzene rings is 1. The van der Waals surface area contributed by atoms with Crippen molar-refractivity contribution in [2.45, 2.75) is 31.2 Å². The minimum atomic E-state index is -0.667. The van der Waals surface area contributed by atoms with Crippen LogP contribution in [0, 0.1) is 5.92 Å². The van der Waals surface area contributed by atoms with Crippen LogP contribution in [0.1, 0.15) is 25.5 Å². The van der Waals surface area contributed by atoms with Crippen LogP contribution in [0.2, 0.25) is 0 Å². The molecule has 102 valence electrons. The van der Waals surface area contributed by atoms with E-state index in [0.717, 1.165) is 5.56 Å². The lowest BCUT2D eigenvalue weighted by atomic mass is 9.97. The van der Waals surface area contributed by atoms with E-state index in [2.05, 4.69) is 13.8 Å². The maximum atomic E-state index is 9.43. The van der Waals surface area contributed by atoms with Gasteiger partial charge in [-0.3, -0.25) is 0 Å². The van der Waals surface area contributed by atoms with E-state index in [-0.39, 0.29) is 17.9 Å². The van der Waals surface area contributed by atoms with Gasteiger partial charge in [-0.05, 0) is 11.5 Å². The summed E-state index contributed by atoms with van der Waals surface area (Å²) in [6.07, 6.45) is -0.667. The van der Waals surface area contributed by atoms with Gasteiger partial charge in [0.25, 0.3) is 0 Å². The third kappa shape index (κ3) is 4.61. The summed E-state index contributed by atoms with van der Waals surface area (Å²) in [6, 6.07) is 9.96. The van der Waals surface area contributed by atoms with Gasteiger partial charge < -0.3 is 15.9 Å². The molecule has 0 amide bonds. The van der Waals surface area contributed by atoms with Gasteiger partial charge in [-0.15, -0.1) is 0 Å². The van der Waals surface area contributed by atoms with Gasteiger partial charge >= 0.3 is 0 Å². The van der Waals surface area contributed by atoms with Crippen molar-refractivity contribution in [1.82, 2.24) is 0 Å². The molecule has 0 aliphatic carbocycles. The van der Waals surface area contributed by atoms with Crippen molar-refractivity contribution < 1.29 is 10.2 Å². The van der Waals surface area contributed by atoms with E-state index < -0.39 is 6.10 Å². The van der Waals surface area contributed by atoms with Crippen molar-refractivity contribution in [3.63, 3.8) is 0 Å². The molecule has 4 heteroatoms. The van der Waals surface area contributed by atoms with Crippen molar-refractivity contribution in [1.29, 1.82) is 0 Å². The molecule has 1 rings (SSSR count). The summed E-state index contributed by atoms with van der Waals surface area (Å²) < 4.78 is 0. The van der Waals surface area contributed by atoms with Crippen LogP contribution < -0.4 is 5.73 Å². The first-order chi connectivity index (χ1) is 8.56. The van der Waals surface area contributed by atoms with E-state index in [0.29, 0.717) is 11.7 Å². The molecule has 0 aliphatic rings. The van der Waals surface area contributed by atoms with Crippen molar-refractivity contribution in [3.05, 3.63) is 35.9 Å². The molecule has 1 aromatic carbocycles. The second-order valence-electron chi connectivity index (χ2n) is 4.81. The zero-order valence-electron chi connectivity index (χ0n) is 11.0. The van der Waals surface area contributed by atoms with Crippen LogP contribution in [0.25, 0.3) is 0 Å². The lowest BCUT2D eigenvalue weighted by molar-refractivity contribution is 0.113. The summed E-state index contributed by atoms with van der Waals surface area (Å²) in [5.41, 5.74) is 7.42. The number of nitrogens with two attached hydrogens (primary N) is 1. The summed E-state index contributed by atoms with van der Waals surface area (Å²) in [7, 11) is 0. The molecular formula is C14H23NO2S. The summed E-state index contributed by atoms with van der Waals surface area (Å²) >= 11 is 1.63. The first-order valence-electron chi connectivity index (χ1n) is 6.27. The molecule has 4 N–H and O–H groups in total. The minimum Gasteiger partial charge on any atom is -0.394 e. The van der Waals surface area contributed by atoms with Crippen molar-refractivity contribution in [2.24, 2.45) is 11.7 Å². The Balaban J connectivity index is 2.67. The van der Waals surface area contributed by atoms with E-state index in [1.165, 1.54) is 0 Å². The Labute approximate surface area is 113 Å². The largest absolute Gasteiger partial charge is 0.394 e. The highest BCUT2D eigenvalue weighted by molar-refractivity contribution is 8.00. The lowest BCUT2D eigenvalue weighted by Gasteiger charge is -2.28. The van der Waals surface area contributed by atoms with Crippen LogP contribution in [-0.4, -0.2) is 33.9 Å². The number of aliphatic hydroxyl groups excluding tert-OH is 2. The zero-order valence-corrected chi connectivity index (χ0v) is 11.8. The third-order valence-corrected chi connectivity index (χ3v) is 4.69. The van der Waals surface area contributed by atoms with Gasteiger partial charge in [0.2, 0.25) is 0 Å². The summed E-state index contributed by atoms with van der Waals surface area (Å²) in [4.78, 5) is 0. The fourth-order valence-electron chi connectivity index (χ4n) is 1.85. The fraction of sp³-hybridized carbons (Fsp3) is 0.571. The number of rotatable bonds is 7. The van der Waals surface area contributed by atoms with Gasteiger partial charge in [-0.25, -0.2) is 0 Å². The molecule has 1 aromatic rings. The smallest absolute Gasteiger partial charge is 0.0861 e. The van der Waals surface area contributed by atoms with E-state index in [4.69, 9.17) is 10.8 Å². The average molecular weight is 269 g/mol. The molecule has 0 aliphatic heterocycles. The highest BCUT2D eigenvalue weighted by atomic mass is 32.2. The zero-order chi connectivity index (χ0) is 13.5. The molecular weight excluding hydrogens is 246 g/mol. The maximum absolute atomic E-state index is 9.43. The Kier molecular flexibility index (Phi) is 6.71.